The van der Waals surface area contributed by atoms with Crippen molar-refractivity contribution in [1.29, 1.82) is 0 Å². The van der Waals surface area contributed by atoms with Gasteiger partial charge in [-0.25, -0.2) is 0 Å². The van der Waals surface area contributed by atoms with Gasteiger partial charge in [0, 0.05) is 4.90 Å². The minimum atomic E-state index is 0.107. The number of benzene rings is 1. The summed E-state index contributed by atoms with van der Waals surface area (Å²) in [6.45, 7) is 4.28. The van der Waals surface area contributed by atoms with Crippen molar-refractivity contribution in [2.75, 3.05) is 11.1 Å². The Labute approximate surface area is 88.1 Å². The van der Waals surface area contributed by atoms with Crippen LogP contribution in [0.2, 0.25) is 0 Å². The maximum Gasteiger partial charge on any atom is 0.234 e. The molecule has 0 aliphatic carbocycles. The quantitative estimate of drug-likeness (QED) is 0.767. The summed E-state index contributed by atoms with van der Waals surface area (Å²) in [5.41, 5.74) is 2.24. The third-order valence-electron chi connectivity index (χ3n) is 2.30. The summed E-state index contributed by atoms with van der Waals surface area (Å²) in [5.74, 6) is 1.09. The first kappa shape index (κ1) is 9.59. The molecular formula is C11H13NOS. The number of anilines is 1. The highest BCUT2D eigenvalue weighted by molar-refractivity contribution is 8.00. The van der Waals surface area contributed by atoms with Crippen molar-refractivity contribution in [2.24, 2.45) is 0 Å². The molecule has 1 N–H and O–H groups in total. The van der Waals surface area contributed by atoms with Crippen molar-refractivity contribution >= 4 is 23.4 Å². The molecule has 0 spiro atoms. The van der Waals surface area contributed by atoms with Crippen LogP contribution in [0.15, 0.2) is 23.1 Å². The van der Waals surface area contributed by atoms with E-state index in [9.17, 15) is 4.79 Å². The van der Waals surface area contributed by atoms with Crippen LogP contribution in [0.5, 0.6) is 0 Å². The summed E-state index contributed by atoms with van der Waals surface area (Å²) >= 11 is 1.62. The van der Waals surface area contributed by atoms with Crippen molar-refractivity contribution in [2.45, 2.75) is 24.7 Å². The maximum absolute atomic E-state index is 11.3. The second kappa shape index (κ2) is 3.65. The van der Waals surface area contributed by atoms with Crippen molar-refractivity contribution in [1.82, 2.24) is 0 Å². The van der Waals surface area contributed by atoms with Gasteiger partial charge in [-0.15, -0.1) is 11.8 Å². The topological polar surface area (TPSA) is 29.1 Å². The van der Waals surface area contributed by atoms with Crippen LogP contribution >= 0.6 is 11.8 Å². The van der Waals surface area contributed by atoms with Crippen molar-refractivity contribution in [3.05, 3.63) is 23.8 Å². The molecule has 74 valence electrons. The molecular weight excluding hydrogens is 194 g/mol. The van der Waals surface area contributed by atoms with Crippen molar-refractivity contribution in [3.8, 4) is 0 Å². The lowest BCUT2D eigenvalue weighted by Crippen LogP contribution is -2.20. The smallest absolute Gasteiger partial charge is 0.234 e. The van der Waals surface area contributed by atoms with Crippen LogP contribution < -0.4 is 5.32 Å². The zero-order chi connectivity index (χ0) is 10.1. The van der Waals surface area contributed by atoms with Gasteiger partial charge in [0.15, 0.2) is 0 Å². The highest BCUT2D eigenvalue weighted by atomic mass is 32.2. The molecule has 0 fully saturated rings. The standard InChI is InChI=1S/C11H13NOS/c1-7(2)8-4-3-5-9-11(8)12-10(13)6-14-9/h3-5,7H,6H2,1-2H3,(H,12,13). The van der Waals surface area contributed by atoms with Crippen molar-refractivity contribution < 1.29 is 4.79 Å². The minimum Gasteiger partial charge on any atom is -0.324 e. The first-order valence-electron chi connectivity index (χ1n) is 4.74. The molecule has 0 aromatic heterocycles. The largest absolute Gasteiger partial charge is 0.324 e. The molecule has 1 aliphatic heterocycles. The molecule has 0 saturated carbocycles. The van der Waals surface area contributed by atoms with E-state index in [1.165, 1.54) is 10.5 Å². The Morgan fingerprint density at radius 1 is 1.43 bits per heavy atom. The molecule has 0 saturated heterocycles. The van der Waals surface area contributed by atoms with Gasteiger partial charge in [0.05, 0.1) is 11.4 Å². The van der Waals surface area contributed by atoms with E-state index in [2.05, 4.69) is 37.4 Å². The van der Waals surface area contributed by atoms with E-state index < -0.39 is 0 Å². The fourth-order valence-electron chi connectivity index (χ4n) is 1.60. The van der Waals surface area contributed by atoms with Gasteiger partial charge in [-0.2, -0.15) is 0 Å². The number of para-hydroxylation sites is 1. The van der Waals surface area contributed by atoms with Crippen molar-refractivity contribution in [3.63, 3.8) is 0 Å². The van der Waals surface area contributed by atoms with E-state index >= 15 is 0 Å². The van der Waals surface area contributed by atoms with Crippen LogP contribution in [-0.2, 0) is 4.79 Å². The number of nitrogens with one attached hydrogen (secondary N) is 1. The Morgan fingerprint density at radius 2 is 2.21 bits per heavy atom. The molecule has 3 heteroatoms. The fourth-order valence-corrected chi connectivity index (χ4v) is 2.45. The molecule has 0 radical (unpaired) electrons. The average Bonchev–Trinajstić information content (AvgIpc) is 2.16. The monoisotopic (exact) mass is 207 g/mol. The molecule has 2 nitrogen and oxygen atoms in total. The minimum absolute atomic E-state index is 0.107. The van der Waals surface area contributed by atoms with Gasteiger partial charge < -0.3 is 5.32 Å². The predicted molar refractivity (Wildman–Crippen MR) is 59.9 cm³/mol. The summed E-state index contributed by atoms with van der Waals surface area (Å²) in [5, 5.41) is 2.95. The number of carbonyl (C=O) groups excluding carboxylic acids is 1. The van der Waals surface area contributed by atoms with E-state index in [-0.39, 0.29) is 5.91 Å². The third-order valence-corrected chi connectivity index (χ3v) is 3.36. The molecule has 0 unspecified atom stereocenters. The van der Waals surface area contributed by atoms with Gasteiger partial charge in [-0.05, 0) is 17.5 Å². The average molecular weight is 207 g/mol. The number of hydrogen-bond acceptors (Lipinski definition) is 2. The maximum atomic E-state index is 11.3. The molecule has 1 aromatic rings. The van der Waals surface area contributed by atoms with Gasteiger partial charge in [0.2, 0.25) is 5.91 Å². The zero-order valence-corrected chi connectivity index (χ0v) is 9.15. The van der Waals surface area contributed by atoms with Crippen LogP contribution in [-0.4, -0.2) is 11.7 Å². The SMILES string of the molecule is CC(C)c1cccc2c1NC(=O)CS2. The molecule has 14 heavy (non-hydrogen) atoms. The third kappa shape index (κ3) is 1.64. The van der Waals surface area contributed by atoms with E-state index in [4.69, 9.17) is 0 Å². The highest BCUT2D eigenvalue weighted by Crippen LogP contribution is 2.36. The molecule has 1 aliphatic rings. The first-order chi connectivity index (χ1) is 6.68. The summed E-state index contributed by atoms with van der Waals surface area (Å²) in [6.07, 6.45) is 0. The Balaban J connectivity index is 2.48. The Bertz CT molecular complexity index is 374. The van der Waals surface area contributed by atoms with Gasteiger partial charge in [0.25, 0.3) is 0 Å². The lowest BCUT2D eigenvalue weighted by Gasteiger charge is -2.21. The summed E-state index contributed by atoms with van der Waals surface area (Å²) < 4.78 is 0. The van der Waals surface area contributed by atoms with Gasteiger partial charge in [0.1, 0.15) is 0 Å². The molecule has 1 heterocycles. The number of hydrogen-bond donors (Lipinski definition) is 1. The van der Waals surface area contributed by atoms with Crippen LogP contribution in [0.25, 0.3) is 0 Å². The van der Waals surface area contributed by atoms with Crippen LogP contribution in [0, 0.1) is 0 Å². The van der Waals surface area contributed by atoms with E-state index in [0.29, 0.717) is 11.7 Å². The van der Waals surface area contributed by atoms with Crippen LogP contribution in [0.3, 0.4) is 0 Å². The lowest BCUT2D eigenvalue weighted by molar-refractivity contribution is -0.113. The normalized spacial score (nSPS) is 15.2. The predicted octanol–water partition coefficient (Wildman–Crippen LogP) is 2.85. The molecule has 1 amide bonds. The number of thioether (sulfide) groups is 1. The Morgan fingerprint density at radius 3 is 2.93 bits per heavy atom. The highest BCUT2D eigenvalue weighted by Gasteiger charge is 2.18. The molecule has 0 atom stereocenters. The van der Waals surface area contributed by atoms with Crippen LogP contribution in [0.4, 0.5) is 5.69 Å². The summed E-state index contributed by atoms with van der Waals surface area (Å²) in [4.78, 5) is 12.5. The molecule has 0 bridgehead atoms. The Kier molecular flexibility index (Phi) is 2.50. The van der Waals surface area contributed by atoms with E-state index in [1.54, 1.807) is 11.8 Å². The summed E-state index contributed by atoms with van der Waals surface area (Å²) in [6, 6.07) is 6.19. The zero-order valence-electron chi connectivity index (χ0n) is 8.33. The second-order valence-electron chi connectivity index (χ2n) is 3.71. The number of rotatable bonds is 1. The van der Waals surface area contributed by atoms with E-state index in [1.807, 2.05) is 0 Å². The molecule has 2 rings (SSSR count). The van der Waals surface area contributed by atoms with Crippen LogP contribution in [0.1, 0.15) is 25.3 Å². The lowest BCUT2D eigenvalue weighted by atomic mass is 10.0. The summed E-state index contributed by atoms with van der Waals surface area (Å²) in [7, 11) is 0. The first-order valence-corrected chi connectivity index (χ1v) is 5.72. The number of carbonyl (C=O) groups is 1. The Hall–Kier alpha value is -0.960. The van der Waals surface area contributed by atoms with Gasteiger partial charge >= 0.3 is 0 Å². The fraction of sp³-hybridized carbons (Fsp3) is 0.364. The van der Waals surface area contributed by atoms with E-state index in [0.717, 1.165) is 5.69 Å². The molecule has 1 aromatic carbocycles. The number of amides is 1. The second-order valence-corrected chi connectivity index (χ2v) is 4.73. The van der Waals surface area contributed by atoms with Gasteiger partial charge in [-0.1, -0.05) is 26.0 Å². The van der Waals surface area contributed by atoms with Gasteiger partial charge in [-0.3, -0.25) is 4.79 Å². The number of fused-ring (bicyclic) bond motifs is 1.